The molecule has 9 heavy (non-hydrogen) atoms. The van der Waals surface area contributed by atoms with Crippen LogP contribution in [0.1, 0.15) is 13.8 Å². The van der Waals surface area contributed by atoms with Gasteiger partial charge in [-0.3, -0.25) is 4.57 Å². The van der Waals surface area contributed by atoms with Crippen LogP contribution in [0.2, 0.25) is 0 Å². The van der Waals surface area contributed by atoms with Crippen LogP contribution < -0.4 is 0 Å². The Hall–Kier alpha value is 0.190. The molecule has 2 nitrogen and oxygen atoms in total. The van der Waals surface area contributed by atoms with E-state index in [1.807, 2.05) is 13.8 Å². The topological polar surface area (TPSA) is 26.3 Å². The summed E-state index contributed by atoms with van der Waals surface area (Å²) in [6.07, 6.45) is 0.684. The third-order valence-corrected chi connectivity index (χ3v) is 3.25. The lowest BCUT2D eigenvalue weighted by Gasteiger charge is -2.11. The third kappa shape index (κ3) is 4.68. The van der Waals surface area contributed by atoms with Crippen molar-refractivity contribution in [1.82, 2.24) is 0 Å². The summed E-state index contributed by atoms with van der Waals surface area (Å²) in [5, 5.41) is 0. The zero-order chi connectivity index (χ0) is 7.49. The number of hydrogen-bond acceptors (Lipinski definition) is 2. The molecule has 0 radical (unpaired) electrons. The highest BCUT2D eigenvalue weighted by Gasteiger charge is 2.14. The van der Waals surface area contributed by atoms with Crippen molar-refractivity contribution in [1.29, 1.82) is 0 Å². The van der Waals surface area contributed by atoms with Gasteiger partial charge in [0, 0.05) is 19.9 Å². The molecule has 0 fully saturated rings. The molecular weight excluding hydrogens is 135 g/mol. The number of hydrogen-bond donors (Lipinski definition) is 0. The quantitative estimate of drug-likeness (QED) is 0.576. The van der Waals surface area contributed by atoms with Gasteiger partial charge in [0.05, 0.1) is 0 Å². The second-order valence-electron chi connectivity index (χ2n) is 2.77. The molecule has 0 aromatic carbocycles. The van der Waals surface area contributed by atoms with E-state index in [-0.39, 0.29) is 0 Å². The van der Waals surface area contributed by atoms with E-state index in [9.17, 15) is 4.57 Å². The van der Waals surface area contributed by atoms with Gasteiger partial charge in [-0.1, -0.05) is 13.8 Å². The Morgan fingerprint density at radius 2 is 2.00 bits per heavy atom. The summed E-state index contributed by atoms with van der Waals surface area (Å²) >= 11 is 0. The van der Waals surface area contributed by atoms with Crippen molar-refractivity contribution in [2.45, 2.75) is 13.8 Å². The van der Waals surface area contributed by atoms with Crippen LogP contribution in [0.15, 0.2) is 0 Å². The van der Waals surface area contributed by atoms with E-state index >= 15 is 0 Å². The van der Waals surface area contributed by atoms with E-state index < -0.39 is 7.37 Å². The highest BCUT2D eigenvalue weighted by molar-refractivity contribution is 7.58. The Kier molecular flexibility index (Phi) is 3.45. The first-order valence-electron chi connectivity index (χ1n) is 3.10. The van der Waals surface area contributed by atoms with Gasteiger partial charge in [-0.2, -0.15) is 0 Å². The average molecular weight is 150 g/mol. The van der Waals surface area contributed by atoms with Gasteiger partial charge in [0.1, 0.15) is 0 Å². The molecule has 1 unspecified atom stereocenters. The van der Waals surface area contributed by atoms with Crippen LogP contribution in [0.5, 0.6) is 0 Å². The molecule has 0 N–H and O–H groups in total. The van der Waals surface area contributed by atoms with Gasteiger partial charge in [-0.25, -0.2) is 0 Å². The van der Waals surface area contributed by atoms with Gasteiger partial charge in [0.15, 0.2) is 7.37 Å². The van der Waals surface area contributed by atoms with Crippen molar-refractivity contribution in [2.75, 3.05) is 19.9 Å². The van der Waals surface area contributed by atoms with Crippen molar-refractivity contribution in [2.24, 2.45) is 5.92 Å². The van der Waals surface area contributed by atoms with Gasteiger partial charge in [-0.05, 0) is 5.92 Å². The highest BCUT2D eigenvalue weighted by atomic mass is 31.2. The molecule has 0 aliphatic carbocycles. The minimum Gasteiger partial charge on any atom is -0.332 e. The second kappa shape index (κ2) is 3.38. The van der Waals surface area contributed by atoms with Crippen molar-refractivity contribution in [3.63, 3.8) is 0 Å². The Balaban J connectivity index is 3.73. The van der Waals surface area contributed by atoms with E-state index in [0.717, 1.165) is 0 Å². The smallest absolute Gasteiger partial charge is 0.200 e. The normalized spacial score (nSPS) is 17.9. The summed E-state index contributed by atoms with van der Waals surface area (Å²) in [5.41, 5.74) is 0. The molecule has 0 amide bonds. The molecule has 0 aliphatic rings. The van der Waals surface area contributed by atoms with Crippen LogP contribution in [-0.4, -0.2) is 19.9 Å². The molecule has 3 heteroatoms. The zero-order valence-electron chi connectivity index (χ0n) is 6.55. The molecule has 56 valence electrons. The molecule has 0 spiro atoms. The maximum absolute atomic E-state index is 11.2. The molecule has 0 saturated heterocycles. The van der Waals surface area contributed by atoms with E-state index in [1.165, 1.54) is 7.11 Å². The average Bonchev–Trinajstić information content (AvgIpc) is 1.63. The summed E-state index contributed by atoms with van der Waals surface area (Å²) in [5.74, 6) is 0.459. The summed E-state index contributed by atoms with van der Waals surface area (Å²) < 4.78 is 16.0. The SMILES string of the molecule is COP(C)(=O)CC(C)C. The van der Waals surface area contributed by atoms with Gasteiger partial charge >= 0.3 is 0 Å². The summed E-state index contributed by atoms with van der Waals surface area (Å²) in [4.78, 5) is 0. The van der Waals surface area contributed by atoms with Crippen LogP contribution in [0.3, 0.4) is 0 Å². The first-order valence-corrected chi connectivity index (χ1v) is 5.36. The molecule has 0 aromatic heterocycles. The van der Waals surface area contributed by atoms with Crippen molar-refractivity contribution < 1.29 is 9.09 Å². The Labute approximate surface area is 57.1 Å². The fraction of sp³-hybridized carbons (Fsp3) is 1.00. The molecular formula is C6H15O2P. The fourth-order valence-electron chi connectivity index (χ4n) is 0.738. The number of rotatable bonds is 3. The third-order valence-electron chi connectivity index (χ3n) is 1.08. The standard InChI is InChI=1S/C6H15O2P/c1-6(2)5-9(4,7)8-3/h6H,5H2,1-4H3. The molecule has 0 aromatic rings. The van der Waals surface area contributed by atoms with Crippen LogP contribution in [0, 0.1) is 5.92 Å². The molecule has 0 rings (SSSR count). The highest BCUT2D eigenvalue weighted by Crippen LogP contribution is 2.42. The largest absolute Gasteiger partial charge is 0.332 e. The van der Waals surface area contributed by atoms with Crippen LogP contribution >= 0.6 is 7.37 Å². The fourth-order valence-corrected chi connectivity index (χ4v) is 2.21. The Morgan fingerprint density at radius 3 is 2.11 bits per heavy atom. The molecule has 0 heterocycles. The van der Waals surface area contributed by atoms with E-state index in [2.05, 4.69) is 0 Å². The van der Waals surface area contributed by atoms with E-state index in [0.29, 0.717) is 12.1 Å². The monoisotopic (exact) mass is 150 g/mol. The van der Waals surface area contributed by atoms with Crippen LogP contribution in [0.25, 0.3) is 0 Å². The van der Waals surface area contributed by atoms with Crippen molar-refractivity contribution in [3.05, 3.63) is 0 Å². The minimum absolute atomic E-state index is 0.459. The van der Waals surface area contributed by atoms with E-state index in [1.54, 1.807) is 6.66 Å². The second-order valence-corrected chi connectivity index (χ2v) is 5.53. The molecule has 0 bridgehead atoms. The summed E-state index contributed by atoms with van der Waals surface area (Å²) in [7, 11) is -0.726. The van der Waals surface area contributed by atoms with Gasteiger partial charge < -0.3 is 4.52 Å². The first kappa shape index (κ1) is 9.19. The Morgan fingerprint density at radius 1 is 1.56 bits per heavy atom. The predicted octanol–water partition coefficient (Wildman–Crippen LogP) is 2.20. The van der Waals surface area contributed by atoms with Gasteiger partial charge in [0.25, 0.3) is 0 Å². The lowest BCUT2D eigenvalue weighted by atomic mass is 10.3. The Bertz CT molecular complexity index is 120. The first-order chi connectivity index (χ1) is 3.98. The molecule has 0 saturated carbocycles. The lowest BCUT2D eigenvalue weighted by molar-refractivity contribution is 0.393. The minimum atomic E-state index is -2.23. The van der Waals surface area contributed by atoms with Crippen molar-refractivity contribution >= 4 is 7.37 Å². The summed E-state index contributed by atoms with van der Waals surface area (Å²) in [6.45, 7) is 5.75. The zero-order valence-corrected chi connectivity index (χ0v) is 7.44. The molecule has 0 aliphatic heterocycles. The van der Waals surface area contributed by atoms with E-state index in [4.69, 9.17) is 4.52 Å². The van der Waals surface area contributed by atoms with Gasteiger partial charge in [0.2, 0.25) is 0 Å². The van der Waals surface area contributed by atoms with Crippen LogP contribution in [-0.2, 0) is 9.09 Å². The molecule has 1 atom stereocenters. The van der Waals surface area contributed by atoms with Gasteiger partial charge in [-0.15, -0.1) is 0 Å². The predicted molar refractivity (Wildman–Crippen MR) is 40.2 cm³/mol. The maximum atomic E-state index is 11.2. The summed E-state index contributed by atoms with van der Waals surface area (Å²) in [6, 6.07) is 0. The maximum Gasteiger partial charge on any atom is 0.200 e. The lowest BCUT2D eigenvalue weighted by Crippen LogP contribution is -1.97. The van der Waals surface area contributed by atoms with Crippen LogP contribution in [0.4, 0.5) is 0 Å². The van der Waals surface area contributed by atoms with Crippen molar-refractivity contribution in [3.8, 4) is 0 Å².